The van der Waals surface area contributed by atoms with Gasteiger partial charge in [0, 0.05) is 25.7 Å². The van der Waals surface area contributed by atoms with Crippen LogP contribution in [0.15, 0.2) is 122 Å². The number of phosphoric ester groups is 2. The molecule has 550 valence electrons. The molecule has 0 radical (unpaired) electrons. The molecule has 0 aliphatic heterocycles. The van der Waals surface area contributed by atoms with E-state index in [0.717, 1.165) is 161 Å². The van der Waals surface area contributed by atoms with Gasteiger partial charge in [-0.25, -0.2) is 9.13 Å². The molecule has 17 nitrogen and oxygen atoms in total. The van der Waals surface area contributed by atoms with Crippen molar-refractivity contribution in [1.82, 2.24) is 0 Å². The van der Waals surface area contributed by atoms with Gasteiger partial charge in [0.15, 0.2) is 12.2 Å². The Labute approximate surface area is 581 Å². The molecular formula is C77H130O17P2. The number of hydrogen-bond acceptors (Lipinski definition) is 15. The number of rotatable bonds is 68. The molecule has 0 heterocycles. The number of hydrogen-bond donors (Lipinski definition) is 3. The van der Waals surface area contributed by atoms with Gasteiger partial charge in [-0.05, 0) is 116 Å². The molecule has 0 spiro atoms. The summed E-state index contributed by atoms with van der Waals surface area (Å²) < 4.78 is 68.2. The van der Waals surface area contributed by atoms with Gasteiger partial charge >= 0.3 is 39.5 Å². The monoisotopic (exact) mass is 1390 g/mol. The van der Waals surface area contributed by atoms with E-state index in [1.54, 1.807) is 0 Å². The zero-order valence-electron chi connectivity index (χ0n) is 59.8. The number of esters is 4. The molecule has 0 saturated heterocycles. The van der Waals surface area contributed by atoms with Crippen molar-refractivity contribution in [2.24, 2.45) is 0 Å². The first-order valence-electron chi connectivity index (χ1n) is 36.8. The molecule has 0 saturated carbocycles. The van der Waals surface area contributed by atoms with Crippen LogP contribution in [-0.2, 0) is 65.4 Å². The van der Waals surface area contributed by atoms with Crippen molar-refractivity contribution < 1.29 is 80.2 Å². The van der Waals surface area contributed by atoms with Crippen LogP contribution in [0.4, 0.5) is 0 Å². The van der Waals surface area contributed by atoms with Crippen molar-refractivity contribution in [1.29, 1.82) is 0 Å². The largest absolute Gasteiger partial charge is 0.472 e. The Morgan fingerprint density at radius 1 is 0.302 bits per heavy atom. The Kier molecular flexibility index (Phi) is 65.7. The van der Waals surface area contributed by atoms with Crippen LogP contribution < -0.4 is 0 Å². The zero-order chi connectivity index (χ0) is 70.4. The van der Waals surface area contributed by atoms with Crippen LogP contribution in [0.1, 0.15) is 285 Å². The molecule has 0 rings (SSSR count). The van der Waals surface area contributed by atoms with Crippen molar-refractivity contribution in [3.05, 3.63) is 122 Å². The normalized spacial score (nSPS) is 14.7. The van der Waals surface area contributed by atoms with E-state index in [-0.39, 0.29) is 25.7 Å². The van der Waals surface area contributed by atoms with Gasteiger partial charge < -0.3 is 33.8 Å². The van der Waals surface area contributed by atoms with E-state index < -0.39 is 97.5 Å². The highest BCUT2D eigenvalue weighted by Gasteiger charge is 2.30. The average molecular weight is 1390 g/mol. The topological polar surface area (TPSA) is 237 Å². The third-order valence-electron chi connectivity index (χ3n) is 14.9. The Morgan fingerprint density at radius 3 is 0.938 bits per heavy atom. The molecule has 0 aliphatic carbocycles. The Hall–Kier alpha value is -4.54. The molecule has 96 heavy (non-hydrogen) atoms. The molecule has 0 fully saturated rings. The van der Waals surface area contributed by atoms with Crippen LogP contribution in [0.3, 0.4) is 0 Å². The van der Waals surface area contributed by atoms with Crippen molar-refractivity contribution in [3.63, 3.8) is 0 Å². The second-order valence-electron chi connectivity index (χ2n) is 24.2. The minimum atomic E-state index is -4.99. The lowest BCUT2D eigenvalue weighted by molar-refractivity contribution is -0.161. The molecule has 0 aromatic carbocycles. The van der Waals surface area contributed by atoms with Gasteiger partial charge in [-0.3, -0.25) is 37.3 Å². The van der Waals surface area contributed by atoms with E-state index >= 15 is 0 Å². The van der Waals surface area contributed by atoms with Gasteiger partial charge in [-0.15, -0.1) is 0 Å². The van der Waals surface area contributed by atoms with Gasteiger partial charge in [0.1, 0.15) is 19.3 Å². The van der Waals surface area contributed by atoms with Crippen molar-refractivity contribution in [2.45, 2.75) is 303 Å². The quantitative estimate of drug-likeness (QED) is 0.0169. The maximum Gasteiger partial charge on any atom is 0.472 e. The number of carbonyl (C=O) groups excluding carboxylic acids is 4. The number of carbonyl (C=O) groups is 4. The Bertz CT molecular complexity index is 2300. The highest BCUT2D eigenvalue weighted by molar-refractivity contribution is 7.47. The maximum atomic E-state index is 13.0. The Balaban J connectivity index is 5.38. The molecular weight excluding hydrogens is 1260 g/mol. The van der Waals surface area contributed by atoms with Crippen LogP contribution in [0.25, 0.3) is 0 Å². The fourth-order valence-electron chi connectivity index (χ4n) is 9.32. The summed E-state index contributed by atoms with van der Waals surface area (Å²) in [5.41, 5.74) is 0. The molecule has 0 amide bonds. The summed E-state index contributed by atoms with van der Waals surface area (Å²) in [5.74, 6) is -2.30. The minimum absolute atomic E-state index is 0.0355. The van der Waals surface area contributed by atoms with E-state index in [0.29, 0.717) is 32.1 Å². The van der Waals surface area contributed by atoms with Gasteiger partial charge in [0.25, 0.3) is 0 Å². The fourth-order valence-corrected chi connectivity index (χ4v) is 10.9. The third-order valence-corrected chi connectivity index (χ3v) is 16.8. The molecule has 0 aliphatic rings. The van der Waals surface area contributed by atoms with Crippen molar-refractivity contribution >= 4 is 39.5 Å². The SMILES string of the molecule is CC/C=C\C/C=C\C/C=C\C/C=C\C/C=C\C/C=C\CCC(=O)OCC(COP(=O)(O)OCC(O)COP(=O)(O)OCC(COC(=O)CCCCCCC/C=C\C/C=C\CCC)OC(=O)CCCCCCC/C=C\C/C=C\CCC)OC(=O)CCCCCCCCCCCCC. The molecule has 0 aromatic rings. The summed E-state index contributed by atoms with van der Waals surface area (Å²) in [5, 5.41) is 10.6. The minimum Gasteiger partial charge on any atom is -0.462 e. The molecule has 0 aromatic heterocycles. The number of allylic oxidation sites excluding steroid dienone is 20. The summed E-state index contributed by atoms with van der Waals surface area (Å²) in [6.07, 6.45) is 73.6. The van der Waals surface area contributed by atoms with Crippen LogP contribution in [0.5, 0.6) is 0 Å². The lowest BCUT2D eigenvalue weighted by Crippen LogP contribution is -2.30. The van der Waals surface area contributed by atoms with E-state index in [2.05, 4.69) is 131 Å². The van der Waals surface area contributed by atoms with E-state index in [4.69, 9.17) is 37.0 Å². The predicted octanol–water partition coefficient (Wildman–Crippen LogP) is 20.8. The zero-order valence-corrected chi connectivity index (χ0v) is 61.5. The van der Waals surface area contributed by atoms with E-state index in [1.807, 2.05) is 18.2 Å². The van der Waals surface area contributed by atoms with Gasteiger partial charge in [-0.1, -0.05) is 265 Å². The lowest BCUT2D eigenvalue weighted by atomic mass is 10.1. The molecule has 0 bridgehead atoms. The molecule has 3 N–H and O–H groups in total. The van der Waals surface area contributed by atoms with E-state index in [1.165, 1.54) is 38.5 Å². The van der Waals surface area contributed by atoms with Crippen LogP contribution in [-0.4, -0.2) is 96.7 Å². The standard InChI is InChI=1S/C77H130O17P2/c1-5-9-13-17-21-25-29-32-33-34-35-36-37-40-43-46-50-54-58-62-75(80)88-67-72(93-76(81)63-59-55-51-47-41-28-24-20-16-12-8-4)69-91-95(83,84)89-65-71(78)66-90-96(85,86)92-70-73(94-77(82)64-60-56-52-48-44-39-31-27-23-19-15-11-7-3)68-87-74(79)61-57-53-49-45-42-38-30-26-22-18-14-10-6-2/h9,13-15,18-19,21,25-27,30-33,35-36,40,43,50,54,71-73,78H,5-8,10-12,16-17,20,22-24,28-29,34,37-39,41-42,44-49,51-53,55-70H2,1-4H3,(H,83,84)(H,85,86)/b13-9-,18-14-,19-15-,25-21-,30-26-,31-27-,33-32-,36-35-,43-40-,54-50-. The lowest BCUT2D eigenvalue weighted by Gasteiger charge is -2.21. The maximum absolute atomic E-state index is 13.0. The smallest absolute Gasteiger partial charge is 0.462 e. The summed E-state index contributed by atoms with van der Waals surface area (Å²) in [6.45, 7) is 4.49. The summed E-state index contributed by atoms with van der Waals surface area (Å²) >= 11 is 0. The Morgan fingerprint density at radius 2 is 0.583 bits per heavy atom. The number of phosphoric acid groups is 2. The van der Waals surface area contributed by atoms with Crippen molar-refractivity contribution in [2.75, 3.05) is 39.6 Å². The average Bonchev–Trinajstić information content (AvgIpc) is 1.11. The van der Waals surface area contributed by atoms with Gasteiger partial charge in [0.2, 0.25) is 0 Å². The number of ether oxygens (including phenoxy) is 4. The van der Waals surface area contributed by atoms with Crippen LogP contribution in [0, 0.1) is 0 Å². The van der Waals surface area contributed by atoms with Gasteiger partial charge in [-0.2, -0.15) is 0 Å². The van der Waals surface area contributed by atoms with Crippen LogP contribution >= 0.6 is 15.6 Å². The first-order valence-corrected chi connectivity index (χ1v) is 39.8. The first-order chi connectivity index (χ1) is 46.7. The van der Waals surface area contributed by atoms with Crippen molar-refractivity contribution in [3.8, 4) is 0 Å². The number of aliphatic hydroxyl groups excluding tert-OH is 1. The fraction of sp³-hybridized carbons (Fsp3) is 0.688. The number of aliphatic hydroxyl groups is 1. The molecule has 19 heteroatoms. The first kappa shape index (κ1) is 91.5. The summed E-state index contributed by atoms with van der Waals surface area (Å²) in [7, 11) is -9.97. The molecule has 5 atom stereocenters. The highest BCUT2D eigenvalue weighted by Crippen LogP contribution is 2.45. The van der Waals surface area contributed by atoms with E-state index in [9.17, 15) is 43.2 Å². The highest BCUT2D eigenvalue weighted by atomic mass is 31.2. The van der Waals surface area contributed by atoms with Crippen LogP contribution in [0.2, 0.25) is 0 Å². The second kappa shape index (κ2) is 69.0. The summed E-state index contributed by atoms with van der Waals surface area (Å²) in [4.78, 5) is 72.6. The number of unbranched alkanes of at least 4 members (excludes halogenated alkanes) is 22. The predicted molar refractivity (Wildman–Crippen MR) is 390 cm³/mol. The van der Waals surface area contributed by atoms with Gasteiger partial charge in [0.05, 0.1) is 26.4 Å². The second-order valence-corrected chi connectivity index (χ2v) is 27.1. The summed E-state index contributed by atoms with van der Waals surface area (Å²) in [6, 6.07) is 0. The third kappa shape index (κ3) is 68.0. The molecule has 5 unspecified atom stereocenters.